The number of aryl methyl sites for hydroxylation is 1. The number of nitrogens with zero attached hydrogens (tertiary/aromatic N) is 2. The molecule has 1 N–H and O–H groups in total. The molecule has 0 unspecified atom stereocenters. The van der Waals surface area contributed by atoms with Crippen molar-refractivity contribution in [2.24, 2.45) is 4.99 Å². The molecule has 16 heteroatoms. The van der Waals surface area contributed by atoms with Crippen molar-refractivity contribution < 1.29 is 46.6 Å². The topological polar surface area (TPSA) is 176 Å². The number of nitrogens with one attached hydrogen (secondary N) is 1. The number of hydrogen-bond acceptors (Lipinski definition) is 12. The monoisotopic (exact) mass is 639 g/mol. The summed E-state index contributed by atoms with van der Waals surface area (Å²) in [5, 5.41) is 2.26. The highest BCUT2D eigenvalue weighted by Gasteiger charge is 2.29. The zero-order valence-corrected chi connectivity index (χ0v) is 25.9. The van der Waals surface area contributed by atoms with E-state index in [2.05, 4.69) is 10.3 Å². The summed E-state index contributed by atoms with van der Waals surface area (Å²) in [7, 11) is -3.11. The van der Waals surface area contributed by atoms with Gasteiger partial charge in [-0.3, -0.25) is 14.4 Å². The van der Waals surface area contributed by atoms with Gasteiger partial charge < -0.3 is 24.1 Å². The summed E-state index contributed by atoms with van der Waals surface area (Å²) in [4.78, 5) is 66.3. The Balaban J connectivity index is 1.84. The summed E-state index contributed by atoms with van der Waals surface area (Å²) in [6.07, 6.45) is 0. The van der Waals surface area contributed by atoms with Gasteiger partial charge >= 0.3 is 17.9 Å². The lowest BCUT2D eigenvalue weighted by atomic mass is 10.1. The minimum Gasteiger partial charge on any atom is -0.468 e. The number of carbonyl (C=O) groups excluding carboxylic acids is 5. The maximum Gasteiger partial charge on any atom is 0.348 e. The maximum atomic E-state index is 12.8. The second-order valence-corrected chi connectivity index (χ2v) is 12.9. The largest absolute Gasteiger partial charge is 0.468 e. The van der Waals surface area contributed by atoms with Crippen LogP contribution in [0.1, 0.15) is 45.0 Å². The molecule has 0 atom stereocenters. The van der Waals surface area contributed by atoms with E-state index in [9.17, 15) is 32.4 Å². The predicted molar refractivity (Wildman–Crippen MR) is 155 cm³/mol. The first-order valence-electron chi connectivity index (χ1n) is 12.5. The fraction of sp³-hybridized carbons (Fsp3) is 0.385. The predicted octanol–water partition coefficient (Wildman–Crippen LogP) is 2.39. The Morgan fingerprint density at radius 1 is 0.976 bits per heavy atom. The third-order valence-corrected chi connectivity index (χ3v) is 9.23. The normalized spacial score (nSPS) is 11.8. The molecule has 2 aromatic heterocycles. The number of thiophene rings is 1. The van der Waals surface area contributed by atoms with Crippen LogP contribution in [-0.4, -0.2) is 74.5 Å². The van der Waals surface area contributed by atoms with Crippen LogP contribution in [0.4, 0.5) is 5.00 Å². The van der Waals surface area contributed by atoms with Gasteiger partial charge in [-0.05, 0) is 51.0 Å². The van der Waals surface area contributed by atoms with Crippen molar-refractivity contribution in [1.82, 2.24) is 4.57 Å². The number of esters is 3. The third-order valence-electron chi connectivity index (χ3n) is 5.61. The van der Waals surface area contributed by atoms with Crippen molar-refractivity contribution in [3.63, 3.8) is 0 Å². The van der Waals surface area contributed by atoms with Crippen molar-refractivity contribution in [3.05, 3.63) is 44.6 Å². The van der Waals surface area contributed by atoms with Crippen molar-refractivity contribution in [1.29, 1.82) is 0 Å². The van der Waals surface area contributed by atoms with Gasteiger partial charge in [0.25, 0.3) is 5.91 Å². The van der Waals surface area contributed by atoms with Crippen molar-refractivity contribution in [3.8, 4) is 0 Å². The van der Waals surface area contributed by atoms with Crippen LogP contribution < -0.4 is 10.1 Å². The van der Waals surface area contributed by atoms with E-state index in [-0.39, 0.29) is 45.6 Å². The lowest BCUT2D eigenvalue weighted by molar-refractivity contribution is -0.141. The van der Waals surface area contributed by atoms with Crippen LogP contribution in [-0.2, 0) is 45.0 Å². The first-order valence-corrected chi connectivity index (χ1v) is 16.0. The van der Waals surface area contributed by atoms with E-state index in [0.717, 1.165) is 32.9 Å². The van der Waals surface area contributed by atoms with Crippen LogP contribution in [0.3, 0.4) is 0 Å². The van der Waals surface area contributed by atoms with Crippen LogP contribution in [0, 0.1) is 13.8 Å². The van der Waals surface area contributed by atoms with Crippen LogP contribution in [0.15, 0.2) is 23.2 Å². The lowest BCUT2D eigenvalue weighted by Crippen LogP contribution is -2.29. The molecule has 13 nitrogen and oxygen atoms in total. The van der Waals surface area contributed by atoms with Gasteiger partial charge in [0.1, 0.15) is 27.9 Å². The Hall–Kier alpha value is -3.89. The number of sulfone groups is 1. The fourth-order valence-corrected chi connectivity index (χ4v) is 7.06. The summed E-state index contributed by atoms with van der Waals surface area (Å²) in [6, 6.07) is 5.40. The average Bonchev–Trinajstić information content (AvgIpc) is 3.39. The van der Waals surface area contributed by atoms with Gasteiger partial charge in [-0.1, -0.05) is 17.4 Å². The Labute approximate surface area is 249 Å². The molecule has 226 valence electrons. The van der Waals surface area contributed by atoms with Crippen molar-refractivity contribution >= 4 is 77.5 Å². The van der Waals surface area contributed by atoms with E-state index >= 15 is 0 Å². The molecule has 0 saturated carbocycles. The average molecular weight is 640 g/mol. The summed E-state index contributed by atoms with van der Waals surface area (Å²) in [5.74, 6) is -6.40. The summed E-state index contributed by atoms with van der Waals surface area (Å²) >= 11 is 1.83. The number of thiazole rings is 1. The van der Waals surface area contributed by atoms with Crippen LogP contribution in [0.25, 0.3) is 10.2 Å². The molecule has 0 aliphatic rings. The molecule has 1 aromatic carbocycles. The Bertz CT molecular complexity index is 1730. The zero-order valence-electron chi connectivity index (χ0n) is 23.5. The minimum atomic E-state index is -4.32. The van der Waals surface area contributed by atoms with E-state index < -0.39 is 51.1 Å². The van der Waals surface area contributed by atoms with E-state index in [1.165, 1.54) is 18.6 Å². The van der Waals surface area contributed by atoms with E-state index in [4.69, 9.17) is 14.2 Å². The first-order chi connectivity index (χ1) is 19.8. The maximum absolute atomic E-state index is 12.8. The number of benzene rings is 1. The molecule has 0 spiro atoms. The van der Waals surface area contributed by atoms with Gasteiger partial charge in [0.05, 0.1) is 36.1 Å². The number of fused-ring (bicyclic) bond motifs is 1. The minimum absolute atomic E-state index is 0.0231. The molecule has 3 rings (SSSR count). The molecular weight excluding hydrogens is 610 g/mol. The highest BCUT2D eigenvalue weighted by atomic mass is 32.2. The van der Waals surface area contributed by atoms with E-state index in [1.807, 2.05) is 19.1 Å². The second-order valence-electron chi connectivity index (χ2n) is 8.81. The molecule has 2 amide bonds. The van der Waals surface area contributed by atoms with Crippen LogP contribution in [0.2, 0.25) is 0 Å². The van der Waals surface area contributed by atoms with Gasteiger partial charge in [0, 0.05) is 0 Å². The number of hydrogen-bond donors (Lipinski definition) is 1. The number of anilines is 1. The van der Waals surface area contributed by atoms with Gasteiger partial charge in [-0.25, -0.2) is 18.0 Å². The van der Waals surface area contributed by atoms with Crippen LogP contribution >= 0.6 is 22.7 Å². The Morgan fingerprint density at radius 3 is 2.29 bits per heavy atom. The van der Waals surface area contributed by atoms with Crippen molar-refractivity contribution in [2.45, 2.75) is 34.2 Å². The molecule has 0 bridgehead atoms. The molecular formula is C26H29N3O10S3. The molecule has 3 aromatic rings. The number of ether oxygens (including phenoxy) is 3. The second kappa shape index (κ2) is 13.8. The van der Waals surface area contributed by atoms with E-state index in [1.54, 1.807) is 19.9 Å². The SMILES string of the molecule is CCOC(=O)c1sc(NC(=O)CS(=O)(=O)CC(=O)N=c2sc3cc(C)ccc3n2CC(=O)OC)c(C(=O)OCC)c1C. The number of carbonyl (C=O) groups is 5. The number of aromatic nitrogens is 1. The summed E-state index contributed by atoms with van der Waals surface area (Å²) < 4.78 is 42.4. The highest BCUT2D eigenvalue weighted by molar-refractivity contribution is 7.92. The molecule has 0 aliphatic carbocycles. The highest BCUT2D eigenvalue weighted by Crippen LogP contribution is 2.34. The number of methoxy groups -OCH3 is 1. The Morgan fingerprint density at radius 2 is 1.64 bits per heavy atom. The molecule has 0 saturated heterocycles. The smallest absolute Gasteiger partial charge is 0.348 e. The van der Waals surface area contributed by atoms with Gasteiger partial charge in [0.15, 0.2) is 14.6 Å². The molecule has 2 heterocycles. The molecule has 42 heavy (non-hydrogen) atoms. The standard InChI is InChI=1S/C26H29N3O10S3/c1-6-38-24(33)21-15(4)22(25(34)39-7-2)41-23(21)27-18(30)12-42(35,36)13-19(31)28-26-29(11-20(32)37-5)16-9-8-14(3)10-17(16)40-26/h8-10H,6-7,11-13H2,1-5H3,(H,27,30). The van der Waals surface area contributed by atoms with E-state index in [0.29, 0.717) is 5.52 Å². The zero-order chi connectivity index (χ0) is 31.2. The van der Waals surface area contributed by atoms with Gasteiger partial charge in [-0.15, -0.1) is 11.3 Å². The number of rotatable bonds is 11. The lowest BCUT2D eigenvalue weighted by Gasteiger charge is -2.07. The van der Waals surface area contributed by atoms with Crippen molar-refractivity contribution in [2.75, 3.05) is 37.1 Å². The molecule has 0 aliphatic heterocycles. The summed E-state index contributed by atoms with van der Waals surface area (Å²) in [6.45, 7) is 6.38. The first kappa shape index (κ1) is 32.6. The molecule has 0 radical (unpaired) electrons. The Kier molecular flexibility index (Phi) is 10.8. The third kappa shape index (κ3) is 7.89. The fourth-order valence-electron chi connectivity index (χ4n) is 3.79. The summed E-state index contributed by atoms with van der Waals surface area (Å²) in [5.41, 5.74) is 1.65. The number of amides is 2. The quantitative estimate of drug-likeness (QED) is 0.242. The molecule has 0 fully saturated rings. The van der Waals surface area contributed by atoms with Gasteiger partial charge in [-0.2, -0.15) is 4.99 Å². The van der Waals surface area contributed by atoms with Gasteiger partial charge in [0.2, 0.25) is 5.91 Å². The van der Waals surface area contributed by atoms with Crippen LogP contribution in [0.5, 0.6) is 0 Å².